The molecule has 2 heterocycles. The Hall–Kier alpha value is -2.11. The van der Waals surface area contributed by atoms with E-state index >= 15 is 0 Å². The summed E-state index contributed by atoms with van der Waals surface area (Å²) < 4.78 is 1.90. The van der Waals surface area contributed by atoms with Crippen molar-refractivity contribution in [3.8, 4) is 5.82 Å². The molecule has 6 heteroatoms. The molecule has 0 atom stereocenters. The molecule has 3 rings (SSSR count). The van der Waals surface area contributed by atoms with Gasteiger partial charge in [-0.3, -0.25) is 15.3 Å². The maximum atomic E-state index is 8.86. The van der Waals surface area contributed by atoms with Crippen molar-refractivity contribution in [3.63, 3.8) is 0 Å². The molecular formula is C12H9ClN4O. The second-order valence-corrected chi connectivity index (χ2v) is 4.16. The number of halogens is 1. The SMILES string of the molecule is ONc1ccc2c(ccn2-c2cnc(Cl)cn2)c1. The lowest BCUT2D eigenvalue weighted by atomic mass is 10.2. The molecule has 0 radical (unpaired) electrons. The van der Waals surface area contributed by atoms with Crippen molar-refractivity contribution in [2.24, 2.45) is 0 Å². The van der Waals surface area contributed by atoms with Gasteiger partial charge in [0.25, 0.3) is 0 Å². The van der Waals surface area contributed by atoms with Crippen molar-refractivity contribution in [1.82, 2.24) is 14.5 Å². The Balaban J connectivity index is 2.15. The van der Waals surface area contributed by atoms with Crippen molar-refractivity contribution in [2.45, 2.75) is 0 Å². The van der Waals surface area contributed by atoms with Crippen molar-refractivity contribution in [3.05, 3.63) is 48.0 Å². The van der Waals surface area contributed by atoms with E-state index in [0.29, 0.717) is 16.7 Å². The fraction of sp³-hybridized carbons (Fsp3) is 0. The first-order valence-corrected chi connectivity index (χ1v) is 5.65. The molecule has 5 nitrogen and oxygen atoms in total. The van der Waals surface area contributed by atoms with E-state index in [0.717, 1.165) is 10.9 Å². The Morgan fingerprint density at radius 1 is 1.17 bits per heavy atom. The summed E-state index contributed by atoms with van der Waals surface area (Å²) >= 11 is 5.71. The molecule has 0 fully saturated rings. The van der Waals surface area contributed by atoms with Crippen LogP contribution >= 0.6 is 11.6 Å². The molecule has 0 aliphatic carbocycles. The molecule has 3 aromatic rings. The number of hydrogen-bond donors (Lipinski definition) is 2. The second-order valence-electron chi connectivity index (χ2n) is 3.77. The van der Waals surface area contributed by atoms with Gasteiger partial charge in [-0.1, -0.05) is 11.6 Å². The van der Waals surface area contributed by atoms with Crippen LogP contribution in [0.2, 0.25) is 5.15 Å². The summed E-state index contributed by atoms with van der Waals surface area (Å²) in [5, 5.41) is 10.2. The summed E-state index contributed by atoms with van der Waals surface area (Å²) in [4.78, 5) is 8.22. The maximum Gasteiger partial charge on any atom is 0.155 e. The quantitative estimate of drug-likeness (QED) is 0.696. The first-order valence-electron chi connectivity index (χ1n) is 5.27. The van der Waals surface area contributed by atoms with Crippen LogP contribution in [0.15, 0.2) is 42.9 Å². The number of benzene rings is 1. The fourth-order valence-electron chi connectivity index (χ4n) is 1.84. The number of hydrogen-bond acceptors (Lipinski definition) is 4. The van der Waals surface area contributed by atoms with Gasteiger partial charge in [-0.25, -0.2) is 9.97 Å². The highest BCUT2D eigenvalue weighted by Gasteiger charge is 2.05. The minimum atomic E-state index is 0.363. The topological polar surface area (TPSA) is 63.0 Å². The van der Waals surface area contributed by atoms with Crippen LogP contribution in [0.5, 0.6) is 0 Å². The lowest BCUT2D eigenvalue weighted by Crippen LogP contribution is -1.96. The van der Waals surface area contributed by atoms with Crippen LogP contribution in [0.3, 0.4) is 0 Å². The van der Waals surface area contributed by atoms with Crippen molar-refractivity contribution in [1.29, 1.82) is 0 Å². The summed E-state index contributed by atoms with van der Waals surface area (Å²) in [6.45, 7) is 0. The third-order valence-corrected chi connectivity index (χ3v) is 2.87. The van der Waals surface area contributed by atoms with Gasteiger partial charge in [-0.05, 0) is 24.3 Å². The van der Waals surface area contributed by atoms with E-state index in [1.165, 1.54) is 6.20 Å². The lowest BCUT2D eigenvalue weighted by molar-refractivity contribution is 0.389. The van der Waals surface area contributed by atoms with E-state index < -0.39 is 0 Å². The predicted octanol–water partition coefficient (Wildman–Crippen LogP) is 2.88. The van der Waals surface area contributed by atoms with Crippen LogP contribution in [0, 0.1) is 0 Å². The van der Waals surface area contributed by atoms with Gasteiger partial charge >= 0.3 is 0 Å². The van der Waals surface area contributed by atoms with E-state index in [-0.39, 0.29) is 0 Å². The molecule has 0 saturated heterocycles. The van der Waals surface area contributed by atoms with Gasteiger partial charge in [-0.15, -0.1) is 0 Å². The molecule has 0 aliphatic rings. The number of aromatic nitrogens is 3. The maximum absolute atomic E-state index is 8.86. The van der Waals surface area contributed by atoms with Gasteiger partial charge in [0, 0.05) is 11.6 Å². The van der Waals surface area contributed by atoms with Crippen LogP contribution in [0.25, 0.3) is 16.7 Å². The normalized spacial score (nSPS) is 10.8. The van der Waals surface area contributed by atoms with Crippen LogP contribution < -0.4 is 5.48 Å². The van der Waals surface area contributed by atoms with E-state index in [4.69, 9.17) is 16.8 Å². The van der Waals surface area contributed by atoms with Crippen molar-refractivity contribution < 1.29 is 5.21 Å². The van der Waals surface area contributed by atoms with Crippen LogP contribution in [-0.2, 0) is 0 Å². The minimum Gasteiger partial charge on any atom is -0.300 e. The number of fused-ring (bicyclic) bond motifs is 1. The van der Waals surface area contributed by atoms with E-state index in [2.05, 4.69) is 15.4 Å². The van der Waals surface area contributed by atoms with Gasteiger partial charge in [0.1, 0.15) is 5.15 Å². The standard InChI is InChI=1S/C12H9ClN4O/c13-11-6-15-12(7-14-11)17-4-3-8-5-9(16-18)1-2-10(8)17/h1-7,16,18H. The molecule has 2 aromatic heterocycles. The lowest BCUT2D eigenvalue weighted by Gasteiger charge is -2.04. The average Bonchev–Trinajstić information content (AvgIpc) is 2.82. The highest BCUT2D eigenvalue weighted by molar-refractivity contribution is 6.29. The summed E-state index contributed by atoms with van der Waals surface area (Å²) in [6, 6.07) is 7.45. The Morgan fingerprint density at radius 3 is 2.78 bits per heavy atom. The zero-order valence-corrected chi connectivity index (χ0v) is 9.96. The molecule has 0 spiro atoms. The zero-order valence-electron chi connectivity index (χ0n) is 9.21. The zero-order chi connectivity index (χ0) is 12.5. The second kappa shape index (κ2) is 4.29. The molecule has 0 aliphatic heterocycles. The van der Waals surface area contributed by atoms with Crippen LogP contribution in [0.4, 0.5) is 5.69 Å². The largest absolute Gasteiger partial charge is 0.300 e. The monoisotopic (exact) mass is 260 g/mol. The number of nitrogens with zero attached hydrogens (tertiary/aromatic N) is 3. The summed E-state index contributed by atoms with van der Waals surface area (Å²) in [6.07, 6.45) is 5.01. The number of rotatable bonds is 2. The summed E-state index contributed by atoms with van der Waals surface area (Å²) in [5.74, 6) is 0.694. The van der Waals surface area contributed by atoms with Gasteiger partial charge in [0.2, 0.25) is 0 Å². The van der Waals surface area contributed by atoms with Gasteiger partial charge < -0.3 is 0 Å². The van der Waals surface area contributed by atoms with Crippen LogP contribution in [0.1, 0.15) is 0 Å². The molecule has 0 unspecified atom stereocenters. The van der Waals surface area contributed by atoms with Gasteiger partial charge in [0.05, 0.1) is 23.6 Å². The molecular weight excluding hydrogens is 252 g/mol. The van der Waals surface area contributed by atoms with Gasteiger partial charge in [-0.2, -0.15) is 0 Å². The average molecular weight is 261 g/mol. The van der Waals surface area contributed by atoms with Crippen molar-refractivity contribution >= 4 is 28.2 Å². The summed E-state index contributed by atoms with van der Waals surface area (Å²) in [7, 11) is 0. The molecule has 1 aromatic carbocycles. The smallest absolute Gasteiger partial charge is 0.155 e. The number of anilines is 1. The Bertz CT molecular complexity index is 693. The number of nitrogens with one attached hydrogen (secondary N) is 1. The fourth-order valence-corrected chi connectivity index (χ4v) is 1.94. The van der Waals surface area contributed by atoms with Gasteiger partial charge in [0.15, 0.2) is 5.82 Å². The first-order chi connectivity index (χ1) is 8.78. The third-order valence-electron chi connectivity index (χ3n) is 2.67. The molecule has 90 valence electrons. The van der Waals surface area contributed by atoms with E-state index in [1.54, 1.807) is 12.3 Å². The highest BCUT2D eigenvalue weighted by atomic mass is 35.5. The van der Waals surface area contributed by atoms with Crippen molar-refractivity contribution in [2.75, 3.05) is 5.48 Å². The van der Waals surface area contributed by atoms with E-state index in [1.807, 2.05) is 29.0 Å². The Kier molecular flexibility index (Phi) is 2.62. The molecule has 0 bridgehead atoms. The van der Waals surface area contributed by atoms with E-state index in [9.17, 15) is 0 Å². The first kappa shape index (κ1) is 11.0. The minimum absolute atomic E-state index is 0.363. The highest BCUT2D eigenvalue weighted by Crippen LogP contribution is 2.22. The Labute approximate surface area is 108 Å². The van der Waals surface area contributed by atoms with Crippen LogP contribution in [-0.4, -0.2) is 19.7 Å². The Morgan fingerprint density at radius 2 is 2.06 bits per heavy atom. The third kappa shape index (κ3) is 1.79. The molecule has 0 saturated carbocycles. The molecule has 2 N–H and O–H groups in total. The predicted molar refractivity (Wildman–Crippen MR) is 69.3 cm³/mol. The summed E-state index contributed by atoms with van der Waals surface area (Å²) in [5.41, 5.74) is 3.74. The molecule has 18 heavy (non-hydrogen) atoms. The molecule has 0 amide bonds.